The van der Waals surface area contributed by atoms with Crippen LogP contribution < -0.4 is 11.3 Å². The van der Waals surface area contributed by atoms with Crippen molar-refractivity contribution in [1.29, 1.82) is 0 Å². The van der Waals surface area contributed by atoms with Crippen molar-refractivity contribution >= 4 is 12.0 Å². The van der Waals surface area contributed by atoms with Gasteiger partial charge in [0, 0.05) is 32.6 Å². The summed E-state index contributed by atoms with van der Waals surface area (Å²) < 4.78 is 4.97. The van der Waals surface area contributed by atoms with Crippen LogP contribution in [-0.4, -0.2) is 61.1 Å². The van der Waals surface area contributed by atoms with Crippen LogP contribution in [0.15, 0.2) is 0 Å². The molecule has 1 rings (SSSR count). The molecular weight excluding hydrogens is 248 g/mol. The number of carbonyl (C=O) groups excluding carboxylic acids is 2. The van der Waals surface area contributed by atoms with Crippen LogP contribution in [0.4, 0.5) is 4.79 Å². The number of piperazine rings is 1. The molecule has 19 heavy (non-hydrogen) atoms. The summed E-state index contributed by atoms with van der Waals surface area (Å²) in [5.41, 5.74) is 2.12. The molecular formula is C12H24N4O3. The Morgan fingerprint density at radius 1 is 1.21 bits per heavy atom. The van der Waals surface area contributed by atoms with E-state index in [9.17, 15) is 9.59 Å². The zero-order chi connectivity index (χ0) is 14.1. The average Bonchev–Trinajstić information content (AvgIpc) is 2.44. The molecule has 0 aromatic carbocycles. The fourth-order valence-corrected chi connectivity index (χ4v) is 2.06. The Kier molecular flexibility index (Phi) is 7.20. The molecule has 1 aliphatic rings. The van der Waals surface area contributed by atoms with E-state index in [0.29, 0.717) is 26.1 Å². The predicted molar refractivity (Wildman–Crippen MR) is 71.2 cm³/mol. The van der Waals surface area contributed by atoms with Crippen molar-refractivity contribution in [2.45, 2.75) is 26.2 Å². The third-order valence-electron chi connectivity index (χ3n) is 3.19. The molecule has 0 aliphatic carbocycles. The third kappa shape index (κ3) is 5.89. The molecule has 7 heteroatoms. The summed E-state index contributed by atoms with van der Waals surface area (Å²) in [5.74, 6) is 4.89. The van der Waals surface area contributed by atoms with E-state index in [1.54, 1.807) is 4.90 Å². The van der Waals surface area contributed by atoms with Crippen LogP contribution >= 0.6 is 0 Å². The smallest absolute Gasteiger partial charge is 0.409 e. The Hall–Kier alpha value is -1.34. The number of rotatable bonds is 6. The lowest BCUT2D eigenvalue weighted by Crippen LogP contribution is -2.49. The molecule has 0 aromatic rings. The maximum absolute atomic E-state index is 11.5. The minimum atomic E-state index is -0.221. The fraction of sp³-hybridized carbons (Fsp3) is 0.833. The van der Waals surface area contributed by atoms with Crippen molar-refractivity contribution < 1.29 is 14.3 Å². The van der Waals surface area contributed by atoms with E-state index in [1.165, 1.54) is 0 Å². The number of unbranched alkanes of at least 4 members (excludes halogenated alkanes) is 1. The first-order chi connectivity index (χ1) is 9.17. The summed E-state index contributed by atoms with van der Waals surface area (Å²) >= 11 is 0. The van der Waals surface area contributed by atoms with Crippen LogP contribution in [0.3, 0.4) is 0 Å². The molecule has 0 bridgehead atoms. The summed E-state index contributed by atoms with van der Waals surface area (Å²) in [6.45, 7) is 6.33. The van der Waals surface area contributed by atoms with Crippen molar-refractivity contribution in [3.05, 3.63) is 0 Å². The van der Waals surface area contributed by atoms with Gasteiger partial charge in [-0.1, -0.05) is 0 Å². The molecule has 2 amide bonds. The van der Waals surface area contributed by atoms with Crippen LogP contribution in [0.2, 0.25) is 0 Å². The van der Waals surface area contributed by atoms with Gasteiger partial charge in [0.2, 0.25) is 5.91 Å². The number of hydrazine groups is 1. The molecule has 1 saturated heterocycles. The topological polar surface area (TPSA) is 87.9 Å². The minimum absolute atomic E-state index is 0.118. The standard InChI is InChI=1S/C12H24N4O3/c1-2-19-12(18)16-9-7-15(8-10-16)6-4-3-5-11(17)14-13/h2-10,13H2,1H3,(H,14,17). The highest BCUT2D eigenvalue weighted by Crippen LogP contribution is 2.06. The number of hydrogen-bond donors (Lipinski definition) is 2. The molecule has 3 N–H and O–H groups in total. The van der Waals surface area contributed by atoms with Crippen LogP contribution in [-0.2, 0) is 9.53 Å². The van der Waals surface area contributed by atoms with Gasteiger partial charge in [0.15, 0.2) is 0 Å². The second-order valence-corrected chi connectivity index (χ2v) is 4.55. The first-order valence-corrected chi connectivity index (χ1v) is 6.81. The molecule has 0 saturated carbocycles. The van der Waals surface area contributed by atoms with Crippen molar-refractivity contribution in [1.82, 2.24) is 15.2 Å². The summed E-state index contributed by atoms with van der Waals surface area (Å²) in [6, 6.07) is 0. The molecule has 1 fully saturated rings. The van der Waals surface area contributed by atoms with Crippen molar-refractivity contribution in [2.75, 3.05) is 39.3 Å². The molecule has 7 nitrogen and oxygen atoms in total. The third-order valence-corrected chi connectivity index (χ3v) is 3.19. The molecule has 110 valence electrons. The Balaban J connectivity index is 2.10. The Morgan fingerprint density at radius 2 is 1.89 bits per heavy atom. The van der Waals surface area contributed by atoms with E-state index >= 15 is 0 Å². The largest absolute Gasteiger partial charge is 0.450 e. The van der Waals surface area contributed by atoms with Gasteiger partial charge >= 0.3 is 6.09 Å². The molecule has 0 radical (unpaired) electrons. The number of carbonyl (C=O) groups is 2. The van der Waals surface area contributed by atoms with Crippen LogP contribution in [0, 0.1) is 0 Å². The van der Waals surface area contributed by atoms with Crippen LogP contribution in [0.1, 0.15) is 26.2 Å². The number of nitrogens with two attached hydrogens (primary N) is 1. The monoisotopic (exact) mass is 272 g/mol. The Morgan fingerprint density at radius 3 is 2.47 bits per heavy atom. The zero-order valence-corrected chi connectivity index (χ0v) is 11.6. The van der Waals surface area contributed by atoms with Gasteiger partial charge in [0.05, 0.1) is 6.61 Å². The minimum Gasteiger partial charge on any atom is -0.450 e. The van der Waals surface area contributed by atoms with Crippen molar-refractivity contribution in [3.63, 3.8) is 0 Å². The number of nitrogens with zero attached hydrogens (tertiary/aromatic N) is 2. The lowest BCUT2D eigenvalue weighted by atomic mass is 10.2. The predicted octanol–water partition coefficient (Wildman–Crippen LogP) is -0.0793. The van der Waals surface area contributed by atoms with Gasteiger partial charge in [-0.15, -0.1) is 0 Å². The molecule has 0 aromatic heterocycles. The van der Waals surface area contributed by atoms with Crippen LogP contribution in [0.5, 0.6) is 0 Å². The van der Waals surface area contributed by atoms with E-state index in [-0.39, 0.29) is 12.0 Å². The Bertz CT molecular complexity index is 291. The number of ether oxygens (including phenoxy) is 1. The molecule has 1 aliphatic heterocycles. The van der Waals surface area contributed by atoms with Gasteiger partial charge in [0.1, 0.15) is 0 Å². The lowest BCUT2D eigenvalue weighted by molar-refractivity contribution is -0.121. The highest BCUT2D eigenvalue weighted by Gasteiger charge is 2.21. The first kappa shape index (κ1) is 15.7. The number of amides is 2. The van der Waals surface area contributed by atoms with Crippen molar-refractivity contribution in [2.24, 2.45) is 5.84 Å². The molecule has 0 unspecified atom stereocenters. The van der Waals surface area contributed by atoms with Gasteiger partial charge < -0.3 is 9.64 Å². The second-order valence-electron chi connectivity index (χ2n) is 4.55. The van der Waals surface area contributed by atoms with E-state index in [1.807, 2.05) is 6.92 Å². The molecule has 0 spiro atoms. The van der Waals surface area contributed by atoms with E-state index in [0.717, 1.165) is 32.5 Å². The molecule has 1 heterocycles. The summed E-state index contributed by atoms with van der Waals surface area (Å²) in [6.07, 6.45) is 2.05. The SMILES string of the molecule is CCOC(=O)N1CCN(CCCCC(=O)NN)CC1. The normalized spacial score (nSPS) is 16.2. The first-order valence-electron chi connectivity index (χ1n) is 6.81. The van der Waals surface area contributed by atoms with E-state index < -0.39 is 0 Å². The average molecular weight is 272 g/mol. The maximum atomic E-state index is 11.5. The second kappa shape index (κ2) is 8.71. The number of hydrogen-bond acceptors (Lipinski definition) is 5. The van der Waals surface area contributed by atoms with E-state index in [2.05, 4.69) is 10.3 Å². The summed E-state index contributed by atoms with van der Waals surface area (Å²) in [7, 11) is 0. The fourth-order valence-electron chi connectivity index (χ4n) is 2.06. The number of nitrogens with one attached hydrogen (secondary N) is 1. The van der Waals surface area contributed by atoms with Gasteiger partial charge in [-0.05, 0) is 26.3 Å². The van der Waals surface area contributed by atoms with Gasteiger partial charge in [-0.3, -0.25) is 15.1 Å². The van der Waals surface area contributed by atoms with Gasteiger partial charge in [-0.25, -0.2) is 10.6 Å². The Labute approximate surface area is 114 Å². The highest BCUT2D eigenvalue weighted by atomic mass is 16.6. The van der Waals surface area contributed by atoms with E-state index in [4.69, 9.17) is 10.6 Å². The zero-order valence-electron chi connectivity index (χ0n) is 11.6. The van der Waals surface area contributed by atoms with Crippen LogP contribution in [0.25, 0.3) is 0 Å². The van der Waals surface area contributed by atoms with Crippen molar-refractivity contribution in [3.8, 4) is 0 Å². The maximum Gasteiger partial charge on any atom is 0.409 e. The summed E-state index contributed by atoms with van der Waals surface area (Å²) in [5, 5.41) is 0. The van der Waals surface area contributed by atoms with Gasteiger partial charge in [-0.2, -0.15) is 0 Å². The quantitative estimate of drug-likeness (QED) is 0.306. The van der Waals surface area contributed by atoms with Gasteiger partial charge in [0.25, 0.3) is 0 Å². The lowest BCUT2D eigenvalue weighted by Gasteiger charge is -2.33. The molecule has 0 atom stereocenters. The summed E-state index contributed by atoms with van der Waals surface area (Å²) in [4.78, 5) is 26.5. The highest BCUT2D eigenvalue weighted by molar-refractivity contribution is 5.75.